The van der Waals surface area contributed by atoms with Crippen LogP contribution in [0.2, 0.25) is 0 Å². The number of rotatable bonds is 0. The lowest BCUT2D eigenvalue weighted by atomic mass is 9.44. The summed E-state index contributed by atoms with van der Waals surface area (Å²) < 4.78 is 0. The van der Waals surface area contributed by atoms with Crippen LogP contribution in [-0.2, 0) is 4.79 Å². The first-order chi connectivity index (χ1) is 10.4. The Morgan fingerprint density at radius 1 is 1.00 bits per heavy atom. The van der Waals surface area contributed by atoms with Gasteiger partial charge in [0.2, 0.25) is 0 Å². The van der Waals surface area contributed by atoms with Crippen molar-refractivity contribution in [1.82, 2.24) is 0 Å². The van der Waals surface area contributed by atoms with Gasteiger partial charge in [0.1, 0.15) is 5.78 Å². The Morgan fingerprint density at radius 3 is 2.50 bits per heavy atom. The van der Waals surface area contributed by atoms with E-state index in [2.05, 4.69) is 20.8 Å². The summed E-state index contributed by atoms with van der Waals surface area (Å²) >= 11 is 0. The van der Waals surface area contributed by atoms with E-state index < -0.39 is 0 Å². The molecule has 4 aliphatic rings. The van der Waals surface area contributed by atoms with E-state index in [-0.39, 0.29) is 17.4 Å². The molecule has 0 bridgehead atoms. The lowest BCUT2D eigenvalue weighted by Gasteiger charge is -2.60. The van der Waals surface area contributed by atoms with Gasteiger partial charge in [-0.3, -0.25) is 4.79 Å². The Bertz CT molecular complexity index is 486. The highest BCUT2D eigenvalue weighted by Crippen LogP contribution is 2.66. The van der Waals surface area contributed by atoms with Gasteiger partial charge in [-0.25, -0.2) is 0 Å². The van der Waals surface area contributed by atoms with Crippen LogP contribution in [0.5, 0.6) is 0 Å². The quantitative estimate of drug-likeness (QED) is 0.728. The Kier molecular flexibility index (Phi) is 3.32. The third-order valence-corrected chi connectivity index (χ3v) is 8.76. The first kappa shape index (κ1) is 15.2. The van der Waals surface area contributed by atoms with Crippen LogP contribution in [0, 0.1) is 40.4 Å². The molecule has 0 spiro atoms. The summed E-state index contributed by atoms with van der Waals surface area (Å²) in [6.07, 6.45) is 9.16. The summed E-state index contributed by atoms with van der Waals surface area (Å²) in [6, 6.07) is 0. The van der Waals surface area contributed by atoms with E-state index in [0.717, 1.165) is 37.0 Å². The molecular formula is C20H32O2. The van der Waals surface area contributed by atoms with Crippen molar-refractivity contribution in [2.75, 3.05) is 0 Å². The van der Waals surface area contributed by atoms with Crippen LogP contribution in [0.1, 0.15) is 72.1 Å². The molecule has 0 aliphatic heterocycles. The Hall–Kier alpha value is -0.370. The number of aliphatic hydroxyl groups excluding tert-OH is 1. The minimum atomic E-state index is -0.0733. The van der Waals surface area contributed by atoms with E-state index in [1.165, 1.54) is 32.1 Å². The molecule has 2 nitrogen and oxygen atoms in total. The molecule has 0 radical (unpaired) electrons. The minimum absolute atomic E-state index is 0.0733. The smallest absolute Gasteiger partial charge is 0.136 e. The van der Waals surface area contributed by atoms with Crippen molar-refractivity contribution >= 4 is 5.78 Å². The third kappa shape index (κ3) is 1.85. The fourth-order valence-electron chi connectivity index (χ4n) is 7.38. The van der Waals surface area contributed by atoms with Gasteiger partial charge in [-0.1, -0.05) is 20.8 Å². The number of carbonyl (C=O) groups is 1. The van der Waals surface area contributed by atoms with Crippen LogP contribution in [-0.4, -0.2) is 17.0 Å². The summed E-state index contributed by atoms with van der Waals surface area (Å²) in [5.41, 5.74) is 0.561. The van der Waals surface area contributed by atoms with Crippen molar-refractivity contribution in [3.05, 3.63) is 0 Å². The molecular weight excluding hydrogens is 272 g/mol. The highest BCUT2D eigenvalue weighted by molar-refractivity contribution is 5.82. The molecule has 0 aromatic rings. The lowest BCUT2D eigenvalue weighted by Crippen LogP contribution is -2.55. The summed E-state index contributed by atoms with van der Waals surface area (Å²) in [6.45, 7) is 7.01. The first-order valence-corrected chi connectivity index (χ1v) is 9.57. The van der Waals surface area contributed by atoms with Gasteiger partial charge in [0.25, 0.3) is 0 Å². The molecule has 4 saturated carbocycles. The van der Waals surface area contributed by atoms with Crippen molar-refractivity contribution in [3.8, 4) is 0 Å². The van der Waals surface area contributed by atoms with Gasteiger partial charge in [0.15, 0.2) is 0 Å². The van der Waals surface area contributed by atoms with Gasteiger partial charge in [-0.15, -0.1) is 0 Å². The van der Waals surface area contributed by atoms with Gasteiger partial charge in [0.05, 0.1) is 6.10 Å². The molecule has 0 aromatic carbocycles. The average Bonchev–Trinajstić information content (AvgIpc) is 2.77. The first-order valence-electron chi connectivity index (χ1n) is 9.57. The third-order valence-electron chi connectivity index (χ3n) is 8.76. The summed E-state index contributed by atoms with van der Waals surface area (Å²) in [5.74, 6) is 3.74. The van der Waals surface area contributed by atoms with Crippen LogP contribution in [0.15, 0.2) is 0 Å². The van der Waals surface area contributed by atoms with Crippen molar-refractivity contribution < 1.29 is 9.90 Å². The van der Waals surface area contributed by atoms with Crippen molar-refractivity contribution in [1.29, 1.82) is 0 Å². The second kappa shape index (κ2) is 4.82. The predicted octanol–water partition coefficient (Wildman–Crippen LogP) is 4.21. The number of hydrogen-bond donors (Lipinski definition) is 1. The van der Waals surface area contributed by atoms with Crippen molar-refractivity contribution in [2.24, 2.45) is 40.4 Å². The number of ketones is 1. The molecule has 0 saturated heterocycles. The molecule has 124 valence electrons. The van der Waals surface area contributed by atoms with E-state index >= 15 is 0 Å². The Labute approximate surface area is 135 Å². The van der Waals surface area contributed by atoms with Gasteiger partial charge < -0.3 is 5.11 Å². The zero-order chi connectivity index (χ0) is 15.7. The number of aliphatic hydroxyl groups is 1. The molecule has 7 unspecified atom stereocenters. The fraction of sp³-hybridized carbons (Fsp3) is 0.950. The van der Waals surface area contributed by atoms with E-state index in [1.54, 1.807) is 0 Å². The highest BCUT2D eigenvalue weighted by Gasteiger charge is 2.60. The molecule has 8 atom stereocenters. The zero-order valence-electron chi connectivity index (χ0n) is 14.5. The maximum Gasteiger partial charge on any atom is 0.136 e. The summed E-state index contributed by atoms with van der Waals surface area (Å²) in [7, 11) is 0. The lowest BCUT2D eigenvalue weighted by molar-refractivity contribution is -0.148. The van der Waals surface area contributed by atoms with Gasteiger partial charge in [0, 0.05) is 12.3 Å². The molecule has 2 heteroatoms. The topological polar surface area (TPSA) is 37.3 Å². The standard InChI is InChI=1S/C20H32O2/c1-12-11-20(3)13(10-17(12)21)4-5-14-15-6-7-18(22)19(15,2)9-8-16(14)20/h12-16,18,22H,4-11H2,1-3H3/t12?,13-,14?,15?,16?,18?,19?,20?/m0/s1. The van der Waals surface area contributed by atoms with E-state index in [4.69, 9.17) is 0 Å². The Balaban J connectivity index is 1.65. The molecule has 0 aromatic heterocycles. The molecule has 4 aliphatic carbocycles. The fourth-order valence-corrected chi connectivity index (χ4v) is 7.38. The molecule has 22 heavy (non-hydrogen) atoms. The second-order valence-electron chi connectivity index (χ2n) is 9.57. The van der Waals surface area contributed by atoms with Gasteiger partial charge in [-0.2, -0.15) is 0 Å². The molecule has 4 fully saturated rings. The zero-order valence-corrected chi connectivity index (χ0v) is 14.5. The van der Waals surface area contributed by atoms with Crippen LogP contribution >= 0.6 is 0 Å². The number of fused-ring (bicyclic) bond motifs is 5. The predicted molar refractivity (Wildman–Crippen MR) is 87.3 cm³/mol. The SMILES string of the molecule is CC1CC2(C)C3CCC4(C)C(O)CCC4C3CC[C@H]2CC1=O. The summed E-state index contributed by atoms with van der Waals surface area (Å²) in [5, 5.41) is 10.5. The molecule has 4 rings (SSSR count). The monoisotopic (exact) mass is 304 g/mol. The van der Waals surface area contributed by atoms with Crippen LogP contribution in [0.4, 0.5) is 0 Å². The van der Waals surface area contributed by atoms with Crippen LogP contribution in [0.3, 0.4) is 0 Å². The van der Waals surface area contributed by atoms with Crippen molar-refractivity contribution in [3.63, 3.8) is 0 Å². The van der Waals surface area contributed by atoms with Crippen molar-refractivity contribution in [2.45, 2.75) is 78.2 Å². The largest absolute Gasteiger partial charge is 0.393 e. The average molecular weight is 304 g/mol. The van der Waals surface area contributed by atoms with Gasteiger partial charge in [-0.05, 0) is 79.4 Å². The normalized spacial score (nSPS) is 57.9. The molecule has 0 amide bonds. The maximum atomic E-state index is 12.2. The van der Waals surface area contributed by atoms with E-state index in [0.29, 0.717) is 17.1 Å². The Morgan fingerprint density at radius 2 is 1.73 bits per heavy atom. The maximum absolute atomic E-state index is 12.2. The number of hydrogen-bond acceptors (Lipinski definition) is 2. The van der Waals surface area contributed by atoms with Crippen LogP contribution < -0.4 is 0 Å². The van der Waals surface area contributed by atoms with Crippen LogP contribution in [0.25, 0.3) is 0 Å². The number of carbonyl (C=O) groups excluding carboxylic acids is 1. The second-order valence-corrected chi connectivity index (χ2v) is 9.57. The molecule has 0 heterocycles. The van der Waals surface area contributed by atoms with E-state index in [9.17, 15) is 9.90 Å². The molecule has 1 N–H and O–H groups in total. The van der Waals surface area contributed by atoms with Gasteiger partial charge >= 0.3 is 0 Å². The number of Topliss-reactive ketones (excluding diaryl/α,β-unsaturated/α-hetero) is 1. The minimum Gasteiger partial charge on any atom is -0.393 e. The van der Waals surface area contributed by atoms with E-state index in [1.807, 2.05) is 0 Å². The highest BCUT2D eigenvalue weighted by atomic mass is 16.3. The summed E-state index contributed by atoms with van der Waals surface area (Å²) in [4.78, 5) is 12.2.